The third-order valence-corrected chi connectivity index (χ3v) is 4.14. The van der Waals surface area contributed by atoms with Crippen LogP contribution in [0.2, 0.25) is 0 Å². The SMILES string of the molecule is COc1cc(CNc2nc(C)nc(-n3cccn3)c2C)cc(OC)c1OC. The van der Waals surface area contributed by atoms with Crippen molar-refractivity contribution in [2.24, 2.45) is 0 Å². The van der Waals surface area contributed by atoms with Gasteiger partial charge in [0.2, 0.25) is 5.75 Å². The molecule has 0 aliphatic heterocycles. The lowest BCUT2D eigenvalue weighted by Crippen LogP contribution is -2.10. The summed E-state index contributed by atoms with van der Waals surface area (Å²) in [7, 11) is 4.79. The molecule has 0 spiro atoms. The van der Waals surface area contributed by atoms with Crippen LogP contribution >= 0.6 is 0 Å². The van der Waals surface area contributed by atoms with Crippen LogP contribution < -0.4 is 19.5 Å². The maximum Gasteiger partial charge on any atom is 0.203 e. The Morgan fingerprint density at radius 3 is 2.26 bits per heavy atom. The molecule has 3 rings (SSSR count). The highest BCUT2D eigenvalue weighted by Gasteiger charge is 2.15. The molecule has 8 nitrogen and oxygen atoms in total. The highest BCUT2D eigenvalue weighted by molar-refractivity contribution is 5.56. The lowest BCUT2D eigenvalue weighted by molar-refractivity contribution is 0.324. The molecule has 0 saturated heterocycles. The Labute approximate surface area is 158 Å². The number of aryl methyl sites for hydroxylation is 1. The smallest absolute Gasteiger partial charge is 0.203 e. The third kappa shape index (κ3) is 3.79. The van der Waals surface area contributed by atoms with E-state index in [-0.39, 0.29) is 0 Å². The Balaban J connectivity index is 1.89. The second kappa shape index (κ2) is 7.94. The molecule has 2 heterocycles. The van der Waals surface area contributed by atoms with Crippen LogP contribution in [0.4, 0.5) is 5.82 Å². The number of aromatic nitrogens is 4. The first-order valence-electron chi connectivity index (χ1n) is 8.45. The standard InChI is InChI=1S/C19H23N5O3/c1-12-18(22-13(2)23-19(12)24-8-6-7-21-24)20-11-14-9-15(25-3)17(27-5)16(10-14)26-4/h6-10H,11H2,1-5H3,(H,20,22,23). The fraction of sp³-hybridized carbons (Fsp3) is 0.316. The zero-order chi connectivity index (χ0) is 19.4. The van der Waals surface area contributed by atoms with Crippen molar-refractivity contribution in [1.82, 2.24) is 19.7 Å². The highest BCUT2D eigenvalue weighted by atomic mass is 16.5. The Hall–Kier alpha value is -3.29. The fourth-order valence-corrected chi connectivity index (χ4v) is 2.83. The number of nitrogens with zero attached hydrogens (tertiary/aromatic N) is 4. The average Bonchev–Trinajstić information content (AvgIpc) is 3.21. The largest absolute Gasteiger partial charge is 0.493 e. The number of ether oxygens (including phenoxy) is 3. The van der Waals surface area contributed by atoms with Crippen LogP contribution in [0.1, 0.15) is 17.0 Å². The maximum absolute atomic E-state index is 5.41. The Morgan fingerprint density at radius 1 is 1.00 bits per heavy atom. The molecule has 0 aliphatic carbocycles. The predicted molar refractivity (Wildman–Crippen MR) is 102 cm³/mol. The van der Waals surface area contributed by atoms with Crippen molar-refractivity contribution in [3.63, 3.8) is 0 Å². The van der Waals surface area contributed by atoms with Crippen molar-refractivity contribution in [1.29, 1.82) is 0 Å². The predicted octanol–water partition coefficient (Wildman–Crippen LogP) is 2.92. The van der Waals surface area contributed by atoms with E-state index < -0.39 is 0 Å². The van der Waals surface area contributed by atoms with Gasteiger partial charge in [0.25, 0.3) is 0 Å². The summed E-state index contributed by atoms with van der Waals surface area (Å²) in [5, 5.41) is 7.63. The molecule has 0 saturated carbocycles. The topological polar surface area (TPSA) is 83.3 Å². The summed E-state index contributed by atoms with van der Waals surface area (Å²) in [6, 6.07) is 5.68. The number of hydrogen-bond acceptors (Lipinski definition) is 7. The van der Waals surface area contributed by atoms with Crippen LogP contribution in [-0.2, 0) is 6.54 Å². The van der Waals surface area contributed by atoms with Crippen LogP contribution in [-0.4, -0.2) is 41.1 Å². The molecule has 0 atom stereocenters. The molecule has 2 aromatic heterocycles. The van der Waals surface area contributed by atoms with Gasteiger partial charge in [0.05, 0.1) is 21.3 Å². The third-order valence-electron chi connectivity index (χ3n) is 4.14. The second-order valence-corrected chi connectivity index (χ2v) is 5.91. The van der Waals surface area contributed by atoms with Crippen molar-refractivity contribution < 1.29 is 14.2 Å². The van der Waals surface area contributed by atoms with E-state index in [2.05, 4.69) is 20.4 Å². The summed E-state index contributed by atoms with van der Waals surface area (Å²) in [4.78, 5) is 9.03. The van der Waals surface area contributed by atoms with Crippen LogP contribution in [0, 0.1) is 13.8 Å². The van der Waals surface area contributed by atoms with Crippen LogP contribution in [0.25, 0.3) is 5.82 Å². The minimum atomic E-state index is 0.534. The quantitative estimate of drug-likeness (QED) is 0.685. The van der Waals surface area contributed by atoms with Crippen molar-refractivity contribution in [3.8, 4) is 23.1 Å². The van der Waals surface area contributed by atoms with Gasteiger partial charge >= 0.3 is 0 Å². The normalized spacial score (nSPS) is 10.6. The molecule has 0 bridgehead atoms. The number of hydrogen-bond donors (Lipinski definition) is 1. The zero-order valence-electron chi connectivity index (χ0n) is 16.1. The minimum absolute atomic E-state index is 0.534. The first kappa shape index (κ1) is 18.5. The monoisotopic (exact) mass is 369 g/mol. The van der Waals surface area contributed by atoms with Gasteiger partial charge in [-0.3, -0.25) is 0 Å². The van der Waals surface area contributed by atoms with Crippen LogP contribution in [0.5, 0.6) is 17.2 Å². The van der Waals surface area contributed by atoms with Gasteiger partial charge in [-0.25, -0.2) is 14.6 Å². The Kier molecular flexibility index (Phi) is 5.44. The molecular weight excluding hydrogens is 346 g/mol. The molecular formula is C19H23N5O3. The Bertz CT molecular complexity index is 900. The lowest BCUT2D eigenvalue weighted by Gasteiger charge is -2.16. The molecule has 0 unspecified atom stereocenters. The number of anilines is 1. The molecule has 3 aromatic rings. The molecule has 27 heavy (non-hydrogen) atoms. The number of nitrogens with one attached hydrogen (secondary N) is 1. The van der Waals surface area contributed by atoms with Gasteiger partial charge in [-0.1, -0.05) is 0 Å². The van der Waals surface area contributed by atoms with Gasteiger partial charge in [0.15, 0.2) is 17.3 Å². The van der Waals surface area contributed by atoms with E-state index in [1.165, 1.54) is 0 Å². The van der Waals surface area contributed by atoms with Gasteiger partial charge in [-0.05, 0) is 37.6 Å². The molecule has 8 heteroatoms. The minimum Gasteiger partial charge on any atom is -0.493 e. The summed E-state index contributed by atoms with van der Waals surface area (Å²) in [5.74, 6) is 3.96. The summed E-state index contributed by atoms with van der Waals surface area (Å²) < 4.78 is 17.9. The number of rotatable bonds is 7. The molecule has 0 amide bonds. The zero-order valence-corrected chi connectivity index (χ0v) is 16.1. The van der Waals surface area contributed by atoms with Crippen molar-refractivity contribution in [2.75, 3.05) is 26.6 Å². The molecule has 1 N–H and O–H groups in total. The maximum atomic E-state index is 5.41. The van der Waals surface area contributed by atoms with E-state index in [9.17, 15) is 0 Å². The fourth-order valence-electron chi connectivity index (χ4n) is 2.83. The summed E-state index contributed by atoms with van der Waals surface area (Å²) in [6.45, 7) is 4.36. The number of methoxy groups -OCH3 is 3. The molecule has 0 aliphatic rings. The first-order chi connectivity index (χ1) is 13.1. The van der Waals surface area contributed by atoms with E-state index in [1.807, 2.05) is 38.2 Å². The van der Waals surface area contributed by atoms with E-state index in [1.54, 1.807) is 32.2 Å². The molecule has 142 valence electrons. The van der Waals surface area contributed by atoms with E-state index in [0.717, 1.165) is 22.8 Å². The summed E-state index contributed by atoms with van der Waals surface area (Å²) in [5.41, 5.74) is 1.89. The van der Waals surface area contributed by atoms with Gasteiger partial charge in [0, 0.05) is 24.5 Å². The molecule has 0 fully saturated rings. The molecule has 1 aromatic carbocycles. The van der Waals surface area contributed by atoms with Crippen molar-refractivity contribution >= 4 is 5.82 Å². The van der Waals surface area contributed by atoms with Crippen molar-refractivity contribution in [3.05, 3.63) is 47.5 Å². The number of benzene rings is 1. The average molecular weight is 369 g/mol. The van der Waals surface area contributed by atoms with Gasteiger partial charge in [-0.2, -0.15) is 5.10 Å². The van der Waals surface area contributed by atoms with Gasteiger partial charge in [0.1, 0.15) is 11.6 Å². The Morgan fingerprint density at radius 2 is 1.70 bits per heavy atom. The first-order valence-corrected chi connectivity index (χ1v) is 8.45. The van der Waals surface area contributed by atoms with E-state index in [4.69, 9.17) is 14.2 Å². The second-order valence-electron chi connectivity index (χ2n) is 5.91. The van der Waals surface area contributed by atoms with E-state index in [0.29, 0.717) is 29.6 Å². The van der Waals surface area contributed by atoms with Gasteiger partial charge < -0.3 is 19.5 Å². The van der Waals surface area contributed by atoms with Crippen LogP contribution in [0.3, 0.4) is 0 Å². The summed E-state index contributed by atoms with van der Waals surface area (Å²) in [6.07, 6.45) is 3.58. The molecule has 0 radical (unpaired) electrons. The van der Waals surface area contributed by atoms with Crippen molar-refractivity contribution in [2.45, 2.75) is 20.4 Å². The lowest BCUT2D eigenvalue weighted by atomic mass is 10.1. The van der Waals surface area contributed by atoms with Gasteiger partial charge in [-0.15, -0.1) is 0 Å². The summed E-state index contributed by atoms with van der Waals surface area (Å²) >= 11 is 0. The van der Waals surface area contributed by atoms with E-state index >= 15 is 0 Å². The van der Waals surface area contributed by atoms with Crippen LogP contribution in [0.15, 0.2) is 30.6 Å². The highest BCUT2D eigenvalue weighted by Crippen LogP contribution is 2.38.